The zero-order valence-corrected chi connectivity index (χ0v) is 7.95. The maximum absolute atomic E-state index is 3.67. The third-order valence-electron chi connectivity index (χ3n) is 1.16. The first-order chi connectivity index (χ1) is 5.38. The van der Waals surface area contributed by atoms with E-state index in [4.69, 9.17) is 0 Å². The molecular weight excluding hydrogens is 152 g/mol. The molecule has 0 spiro atoms. The van der Waals surface area contributed by atoms with Crippen molar-refractivity contribution < 1.29 is 0 Å². The zero-order chi connectivity index (χ0) is 8.69. The van der Waals surface area contributed by atoms with Crippen molar-refractivity contribution in [2.24, 2.45) is 0 Å². The molecule has 11 heavy (non-hydrogen) atoms. The fraction of sp³-hybridized carbons (Fsp3) is 0.200. The molecule has 1 heterocycles. The minimum Gasteiger partial charge on any atom is -0.151 e. The van der Waals surface area contributed by atoms with E-state index in [0.717, 1.165) is 0 Å². The summed E-state index contributed by atoms with van der Waals surface area (Å²) in [5.41, 5.74) is 2.35. The Kier molecular flexibility index (Phi) is 5.49. The Hall–Kier alpha value is -0.820. The van der Waals surface area contributed by atoms with Crippen LogP contribution >= 0.6 is 11.3 Å². The lowest BCUT2D eigenvalue weighted by molar-refractivity contribution is 1.50. The van der Waals surface area contributed by atoms with Gasteiger partial charge in [-0.2, -0.15) is 11.3 Å². The monoisotopic (exact) mass is 166 g/mol. The van der Waals surface area contributed by atoms with Crippen LogP contribution in [0.5, 0.6) is 0 Å². The molecule has 0 bridgehead atoms. The molecule has 0 unspecified atom stereocenters. The van der Waals surface area contributed by atoms with Gasteiger partial charge in [0, 0.05) is 0 Å². The normalized spacial score (nSPS) is 7.82. The van der Waals surface area contributed by atoms with Crippen LogP contribution in [0, 0.1) is 0 Å². The first-order valence-corrected chi connectivity index (χ1v) is 4.64. The summed E-state index contributed by atoms with van der Waals surface area (Å²) in [4.78, 5) is 0. The minimum absolute atomic E-state index is 1.18. The van der Waals surface area contributed by atoms with E-state index in [-0.39, 0.29) is 0 Å². The molecule has 0 fully saturated rings. The van der Waals surface area contributed by atoms with E-state index in [9.17, 15) is 0 Å². The quantitative estimate of drug-likeness (QED) is 0.621. The highest BCUT2D eigenvalue weighted by Crippen LogP contribution is 2.16. The average molecular weight is 166 g/mol. The lowest BCUT2D eigenvalue weighted by atomic mass is 10.2. The van der Waals surface area contributed by atoms with Crippen LogP contribution in [0.3, 0.4) is 0 Å². The first-order valence-electron chi connectivity index (χ1n) is 3.69. The Balaban J connectivity index is 0.000000461. The molecule has 0 atom stereocenters. The van der Waals surface area contributed by atoms with Gasteiger partial charge < -0.3 is 0 Å². The fourth-order valence-electron chi connectivity index (χ4n) is 0.649. The molecule has 1 aromatic heterocycles. The summed E-state index contributed by atoms with van der Waals surface area (Å²) in [7, 11) is 0. The number of hydrogen-bond acceptors (Lipinski definition) is 1. The molecule has 0 aliphatic rings. The van der Waals surface area contributed by atoms with Crippen LogP contribution in [0.25, 0.3) is 12.2 Å². The van der Waals surface area contributed by atoms with E-state index >= 15 is 0 Å². The van der Waals surface area contributed by atoms with Crippen LogP contribution in [-0.4, -0.2) is 0 Å². The molecule has 0 aliphatic carbocycles. The molecule has 0 saturated heterocycles. The van der Waals surface area contributed by atoms with Gasteiger partial charge in [0.15, 0.2) is 0 Å². The van der Waals surface area contributed by atoms with Crippen LogP contribution in [0.1, 0.15) is 25.0 Å². The van der Waals surface area contributed by atoms with Gasteiger partial charge in [-0.1, -0.05) is 39.2 Å². The van der Waals surface area contributed by atoms with Crippen molar-refractivity contribution in [3.05, 3.63) is 35.0 Å². The topological polar surface area (TPSA) is 0 Å². The van der Waals surface area contributed by atoms with E-state index < -0.39 is 0 Å². The summed E-state index contributed by atoms with van der Waals surface area (Å²) in [5, 5.41) is 4.12. The van der Waals surface area contributed by atoms with Crippen molar-refractivity contribution in [1.29, 1.82) is 0 Å². The molecule has 1 heteroatoms. The van der Waals surface area contributed by atoms with Crippen LogP contribution in [0.2, 0.25) is 0 Å². The highest BCUT2D eigenvalue weighted by atomic mass is 32.1. The maximum Gasteiger partial charge on any atom is -0.00147 e. The van der Waals surface area contributed by atoms with Gasteiger partial charge in [-0.25, -0.2) is 0 Å². The number of hydrogen-bond donors (Lipinski definition) is 0. The first kappa shape index (κ1) is 10.2. The van der Waals surface area contributed by atoms with Crippen LogP contribution < -0.4 is 0 Å². The second-order valence-electron chi connectivity index (χ2n) is 1.69. The summed E-state index contributed by atoms with van der Waals surface area (Å²) in [5.74, 6) is 0. The van der Waals surface area contributed by atoms with Gasteiger partial charge >= 0.3 is 0 Å². The maximum atomic E-state index is 3.67. The Morgan fingerprint density at radius 2 is 1.45 bits per heavy atom. The number of thiophene rings is 1. The Labute approximate surface area is 72.9 Å². The third kappa shape index (κ3) is 2.72. The Morgan fingerprint density at radius 3 is 1.73 bits per heavy atom. The Bertz CT molecular complexity index is 198. The molecule has 0 aromatic carbocycles. The van der Waals surface area contributed by atoms with Gasteiger partial charge in [-0.15, -0.1) is 0 Å². The summed E-state index contributed by atoms with van der Waals surface area (Å²) in [6.07, 6.45) is 3.68. The molecule has 0 aliphatic heterocycles. The zero-order valence-electron chi connectivity index (χ0n) is 7.13. The second-order valence-corrected chi connectivity index (χ2v) is 2.43. The predicted octanol–water partition coefficient (Wildman–Crippen LogP) is 4.06. The van der Waals surface area contributed by atoms with Gasteiger partial charge in [0.25, 0.3) is 0 Å². The largest absolute Gasteiger partial charge is 0.151 e. The van der Waals surface area contributed by atoms with E-state index in [1.807, 2.05) is 26.0 Å². The summed E-state index contributed by atoms with van der Waals surface area (Å²) < 4.78 is 0. The lowest BCUT2D eigenvalue weighted by Crippen LogP contribution is -1.66. The molecule has 0 N–H and O–H groups in total. The van der Waals surface area contributed by atoms with Crippen LogP contribution in [0.4, 0.5) is 0 Å². The van der Waals surface area contributed by atoms with Crippen LogP contribution in [-0.2, 0) is 0 Å². The smallest absolute Gasteiger partial charge is 0.00147 e. The predicted molar refractivity (Wildman–Crippen MR) is 55.8 cm³/mol. The molecule has 0 nitrogen and oxygen atoms in total. The second kappa shape index (κ2) is 5.93. The van der Waals surface area contributed by atoms with Gasteiger partial charge in [0.1, 0.15) is 0 Å². The standard InChI is InChI=1S/C8H8S.C2H6/c1-3-7-5-9-6-8(7)4-2;1-2/h3-6H,1-2H2;1-2H3. The van der Waals surface area contributed by atoms with E-state index in [1.165, 1.54) is 11.1 Å². The molecular formula is C10H14S. The average Bonchev–Trinajstić information content (AvgIpc) is 2.54. The van der Waals surface area contributed by atoms with Crippen molar-refractivity contribution in [2.75, 3.05) is 0 Å². The summed E-state index contributed by atoms with van der Waals surface area (Å²) in [6, 6.07) is 0. The molecule has 0 radical (unpaired) electrons. The SMILES string of the molecule is C=Cc1cscc1C=C.CC. The molecule has 60 valence electrons. The summed E-state index contributed by atoms with van der Waals surface area (Å²) >= 11 is 1.67. The van der Waals surface area contributed by atoms with Gasteiger partial charge in [0.05, 0.1) is 0 Å². The van der Waals surface area contributed by atoms with Crippen molar-refractivity contribution in [1.82, 2.24) is 0 Å². The van der Waals surface area contributed by atoms with Gasteiger partial charge in [-0.3, -0.25) is 0 Å². The van der Waals surface area contributed by atoms with Crippen molar-refractivity contribution >= 4 is 23.5 Å². The van der Waals surface area contributed by atoms with Crippen molar-refractivity contribution in [3.8, 4) is 0 Å². The highest BCUT2D eigenvalue weighted by Gasteiger charge is 1.92. The van der Waals surface area contributed by atoms with Gasteiger partial charge in [-0.05, 0) is 21.9 Å². The highest BCUT2D eigenvalue weighted by molar-refractivity contribution is 7.08. The van der Waals surface area contributed by atoms with Crippen molar-refractivity contribution in [3.63, 3.8) is 0 Å². The summed E-state index contributed by atoms with van der Waals surface area (Å²) in [6.45, 7) is 11.3. The van der Waals surface area contributed by atoms with E-state index in [2.05, 4.69) is 23.9 Å². The fourth-order valence-corrected chi connectivity index (χ4v) is 1.47. The van der Waals surface area contributed by atoms with Crippen molar-refractivity contribution in [2.45, 2.75) is 13.8 Å². The van der Waals surface area contributed by atoms with Crippen LogP contribution in [0.15, 0.2) is 23.9 Å². The van der Waals surface area contributed by atoms with Gasteiger partial charge in [0.2, 0.25) is 0 Å². The molecule has 0 saturated carbocycles. The third-order valence-corrected chi connectivity index (χ3v) is 1.94. The molecule has 0 amide bonds. The molecule has 1 rings (SSSR count). The van der Waals surface area contributed by atoms with E-state index in [0.29, 0.717) is 0 Å². The minimum atomic E-state index is 1.18. The molecule has 1 aromatic rings. The number of rotatable bonds is 2. The lowest BCUT2D eigenvalue weighted by Gasteiger charge is -1.85. The Morgan fingerprint density at radius 1 is 1.09 bits per heavy atom. The van der Waals surface area contributed by atoms with E-state index in [1.54, 1.807) is 11.3 Å².